The second-order valence-electron chi connectivity index (χ2n) is 5.65. The zero-order valence-corrected chi connectivity index (χ0v) is 11.7. The second kappa shape index (κ2) is 5.40. The quantitative estimate of drug-likeness (QED) is 0.384. The molecule has 0 unspecified atom stereocenters. The molecule has 0 aromatic heterocycles. The molecule has 2 amide bonds. The van der Waals surface area contributed by atoms with Gasteiger partial charge in [0.15, 0.2) is 0 Å². The maximum atomic E-state index is 11.5. The molecule has 106 valence electrons. The summed E-state index contributed by atoms with van der Waals surface area (Å²) in [4.78, 5) is 23.0. The largest absolute Gasteiger partial charge is 0.445 e. The number of carbonyl (C=O) groups is 2. The number of ether oxygens (including phenoxy) is 2. The Morgan fingerprint density at radius 1 is 0.778 bits per heavy atom. The van der Waals surface area contributed by atoms with Crippen molar-refractivity contribution in [2.24, 2.45) is 11.7 Å². The van der Waals surface area contributed by atoms with Crippen molar-refractivity contribution in [3.8, 4) is 0 Å². The lowest BCUT2D eigenvalue weighted by molar-refractivity contribution is -0.0644. The van der Waals surface area contributed by atoms with E-state index in [4.69, 9.17) is 21.2 Å². The first-order chi connectivity index (χ1) is 7.83. The molecule has 0 rings (SSSR count). The van der Waals surface area contributed by atoms with E-state index in [1.165, 1.54) is 0 Å². The van der Waals surface area contributed by atoms with Crippen molar-refractivity contribution >= 4 is 12.2 Å². The van der Waals surface area contributed by atoms with Gasteiger partial charge in [-0.1, -0.05) is 0 Å². The highest BCUT2D eigenvalue weighted by Crippen LogP contribution is 2.11. The van der Waals surface area contributed by atoms with Gasteiger partial charge in [-0.3, -0.25) is 0 Å². The molecule has 0 atom stereocenters. The molecule has 0 bridgehead atoms. The standard InChI is InChI=1S/C10H22N4O4/c1-9(2,3)17-7(15)13(11)14(12)8(16)18-10(4,5)6/h11-12H2,1-6H3. The lowest BCUT2D eigenvalue weighted by Crippen LogP contribution is -2.59. The molecule has 8 heteroatoms. The summed E-state index contributed by atoms with van der Waals surface area (Å²) < 4.78 is 9.87. The third kappa shape index (κ3) is 6.26. The Morgan fingerprint density at radius 2 is 1.00 bits per heavy atom. The van der Waals surface area contributed by atoms with E-state index in [-0.39, 0.29) is 0 Å². The van der Waals surface area contributed by atoms with Crippen molar-refractivity contribution in [1.82, 2.24) is 10.2 Å². The number of carbonyl (C=O) groups excluding carboxylic acids is 2. The minimum absolute atomic E-state index is 0.347. The zero-order chi connectivity index (χ0) is 14.7. The molecule has 0 heterocycles. The van der Waals surface area contributed by atoms with Gasteiger partial charge in [0.25, 0.3) is 0 Å². The molecular formula is C10H22N4O4. The van der Waals surface area contributed by atoms with E-state index in [9.17, 15) is 9.59 Å². The van der Waals surface area contributed by atoms with Crippen LogP contribution in [0.25, 0.3) is 0 Å². The Hall–Kier alpha value is -1.54. The number of hydrogen-bond acceptors (Lipinski definition) is 6. The van der Waals surface area contributed by atoms with E-state index in [2.05, 4.69) is 0 Å². The van der Waals surface area contributed by atoms with E-state index >= 15 is 0 Å². The van der Waals surface area contributed by atoms with E-state index in [1.807, 2.05) is 0 Å². The highest BCUT2D eigenvalue weighted by molar-refractivity contribution is 5.73. The van der Waals surface area contributed by atoms with Crippen molar-refractivity contribution in [1.29, 1.82) is 0 Å². The van der Waals surface area contributed by atoms with Crippen LogP contribution in [-0.2, 0) is 9.47 Å². The first-order valence-electron chi connectivity index (χ1n) is 5.39. The Labute approximate surface area is 107 Å². The molecule has 0 radical (unpaired) electrons. The predicted molar refractivity (Wildman–Crippen MR) is 64.5 cm³/mol. The van der Waals surface area contributed by atoms with E-state index in [0.717, 1.165) is 0 Å². The predicted octanol–water partition coefficient (Wildman–Crippen LogP) is 1.12. The molecule has 0 aliphatic carbocycles. The van der Waals surface area contributed by atoms with E-state index < -0.39 is 23.4 Å². The van der Waals surface area contributed by atoms with Gasteiger partial charge < -0.3 is 9.47 Å². The lowest BCUT2D eigenvalue weighted by atomic mass is 10.2. The fourth-order valence-electron chi connectivity index (χ4n) is 0.793. The summed E-state index contributed by atoms with van der Waals surface area (Å²) >= 11 is 0. The monoisotopic (exact) mass is 262 g/mol. The maximum Gasteiger partial charge on any atom is 0.445 e. The fraction of sp³-hybridized carbons (Fsp3) is 0.800. The number of hydrazine groups is 3. The zero-order valence-electron chi connectivity index (χ0n) is 11.7. The summed E-state index contributed by atoms with van der Waals surface area (Å²) in [7, 11) is 0. The van der Waals surface area contributed by atoms with Crippen LogP contribution in [-0.4, -0.2) is 33.6 Å². The van der Waals surface area contributed by atoms with E-state index in [0.29, 0.717) is 10.2 Å². The summed E-state index contributed by atoms with van der Waals surface area (Å²) in [6.07, 6.45) is -1.92. The highest BCUT2D eigenvalue weighted by Gasteiger charge is 2.29. The summed E-state index contributed by atoms with van der Waals surface area (Å²) in [6, 6.07) is 0. The molecule has 18 heavy (non-hydrogen) atoms. The molecule has 0 fully saturated rings. The first kappa shape index (κ1) is 16.5. The van der Waals surface area contributed by atoms with Crippen molar-refractivity contribution in [3.63, 3.8) is 0 Å². The average Bonchev–Trinajstić information content (AvgIpc) is 2.09. The minimum Gasteiger partial charge on any atom is -0.441 e. The average molecular weight is 262 g/mol. The van der Waals surface area contributed by atoms with Gasteiger partial charge in [0.2, 0.25) is 0 Å². The summed E-state index contributed by atoms with van der Waals surface area (Å²) in [5.41, 5.74) is -1.49. The third-order valence-electron chi connectivity index (χ3n) is 1.39. The Morgan fingerprint density at radius 3 is 1.17 bits per heavy atom. The van der Waals surface area contributed by atoms with Crippen molar-refractivity contribution in [3.05, 3.63) is 0 Å². The smallest absolute Gasteiger partial charge is 0.441 e. The normalized spacial score (nSPS) is 11.8. The molecule has 0 saturated carbocycles. The van der Waals surface area contributed by atoms with Gasteiger partial charge in [-0.05, 0) is 41.5 Å². The Kier molecular flexibility index (Phi) is 4.94. The van der Waals surface area contributed by atoms with Crippen LogP contribution < -0.4 is 11.7 Å². The molecular weight excluding hydrogens is 240 g/mol. The number of rotatable bonds is 0. The van der Waals surface area contributed by atoms with Gasteiger partial charge in [0.1, 0.15) is 11.2 Å². The van der Waals surface area contributed by atoms with Crippen LogP contribution in [0.4, 0.5) is 9.59 Å². The van der Waals surface area contributed by atoms with Gasteiger partial charge >= 0.3 is 12.2 Å². The molecule has 0 aromatic carbocycles. The summed E-state index contributed by atoms with van der Waals surface area (Å²) in [6.45, 7) is 9.96. The molecule has 0 aliphatic heterocycles. The van der Waals surface area contributed by atoms with E-state index in [1.54, 1.807) is 41.5 Å². The molecule has 0 saturated heterocycles. The number of nitrogens with zero attached hydrogens (tertiary/aromatic N) is 2. The van der Waals surface area contributed by atoms with Crippen LogP contribution in [0.5, 0.6) is 0 Å². The third-order valence-corrected chi connectivity index (χ3v) is 1.39. The van der Waals surface area contributed by atoms with Gasteiger partial charge in [0, 0.05) is 0 Å². The molecule has 4 N–H and O–H groups in total. The van der Waals surface area contributed by atoms with Crippen LogP contribution in [0.3, 0.4) is 0 Å². The van der Waals surface area contributed by atoms with Crippen molar-refractivity contribution in [2.75, 3.05) is 0 Å². The summed E-state index contributed by atoms with van der Waals surface area (Å²) in [5.74, 6) is 10.7. The second-order valence-corrected chi connectivity index (χ2v) is 5.65. The first-order valence-corrected chi connectivity index (χ1v) is 5.39. The Bertz CT molecular complexity index is 287. The number of amides is 2. The topological polar surface area (TPSA) is 111 Å². The highest BCUT2D eigenvalue weighted by atomic mass is 16.6. The van der Waals surface area contributed by atoms with Gasteiger partial charge in [-0.2, -0.15) is 0 Å². The van der Waals surface area contributed by atoms with Crippen LogP contribution >= 0.6 is 0 Å². The minimum atomic E-state index is -0.962. The molecule has 0 aliphatic rings. The molecule has 0 spiro atoms. The number of hydrogen-bond donors (Lipinski definition) is 2. The van der Waals surface area contributed by atoms with Crippen LogP contribution in [0.15, 0.2) is 0 Å². The van der Waals surface area contributed by atoms with Crippen molar-refractivity contribution < 1.29 is 19.1 Å². The SMILES string of the molecule is CC(C)(C)OC(=O)N(N)N(N)C(=O)OC(C)(C)C. The number of nitrogens with two attached hydrogens (primary N) is 2. The summed E-state index contributed by atoms with van der Waals surface area (Å²) in [5, 5.41) is 0.693. The van der Waals surface area contributed by atoms with Gasteiger partial charge in [-0.25, -0.2) is 21.3 Å². The molecule has 0 aromatic rings. The lowest BCUT2D eigenvalue weighted by Gasteiger charge is -2.30. The van der Waals surface area contributed by atoms with Gasteiger partial charge in [0.05, 0.1) is 0 Å². The van der Waals surface area contributed by atoms with Gasteiger partial charge in [-0.15, -0.1) is 10.2 Å². The van der Waals surface area contributed by atoms with Crippen LogP contribution in [0, 0.1) is 0 Å². The van der Waals surface area contributed by atoms with Crippen LogP contribution in [0.2, 0.25) is 0 Å². The fourth-order valence-corrected chi connectivity index (χ4v) is 0.793. The van der Waals surface area contributed by atoms with Crippen molar-refractivity contribution in [2.45, 2.75) is 52.7 Å². The maximum absolute atomic E-state index is 11.5. The molecule has 8 nitrogen and oxygen atoms in total. The Balaban J connectivity index is 4.55. The van der Waals surface area contributed by atoms with Crippen LogP contribution in [0.1, 0.15) is 41.5 Å².